The Balaban J connectivity index is 1.24. The van der Waals surface area contributed by atoms with Gasteiger partial charge in [0.1, 0.15) is 0 Å². The van der Waals surface area contributed by atoms with Crippen LogP contribution in [0, 0.1) is 0 Å². The van der Waals surface area contributed by atoms with Crippen molar-refractivity contribution in [2.24, 2.45) is 0 Å². The van der Waals surface area contributed by atoms with Crippen molar-refractivity contribution in [3.63, 3.8) is 0 Å². The topological polar surface area (TPSA) is 12.9 Å². The van der Waals surface area contributed by atoms with E-state index in [0.29, 0.717) is 0 Å². The summed E-state index contributed by atoms with van der Waals surface area (Å²) in [5, 5.41) is 0. The molecule has 0 atom stereocenters. The largest absolute Gasteiger partial charge is 0.248 e. The summed E-state index contributed by atoms with van der Waals surface area (Å²) in [5.41, 5.74) is 21.6. The van der Waals surface area contributed by atoms with Gasteiger partial charge in [0, 0.05) is 11.1 Å². The Hall–Kier alpha value is -7.87. The predicted molar refractivity (Wildman–Crippen MR) is 257 cm³/mol. The minimum Gasteiger partial charge on any atom is -0.248 e. The summed E-state index contributed by atoms with van der Waals surface area (Å²) in [7, 11) is 0. The number of nitrogens with zero attached hydrogens (tertiary/aromatic N) is 1. The van der Waals surface area contributed by atoms with Crippen LogP contribution >= 0.6 is 0 Å². The van der Waals surface area contributed by atoms with Crippen LogP contribution < -0.4 is 0 Å². The van der Waals surface area contributed by atoms with Gasteiger partial charge in [-0.1, -0.05) is 225 Å². The summed E-state index contributed by atoms with van der Waals surface area (Å²) in [6.07, 6.45) is 6.45. The van der Waals surface area contributed by atoms with E-state index < -0.39 is 10.8 Å². The minimum atomic E-state index is -0.657. The van der Waals surface area contributed by atoms with Gasteiger partial charge in [-0.2, -0.15) is 0 Å². The van der Waals surface area contributed by atoms with Crippen LogP contribution in [-0.4, -0.2) is 4.98 Å². The third-order valence-electron chi connectivity index (χ3n) is 13.5. The Kier molecular flexibility index (Phi) is 8.20. The van der Waals surface area contributed by atoms with Gasteiger partial charge in [0.05, 0.1) is 22.2 Å². The first-order valence-corrected chi connectivity index (χ1v) is 21.5. The standard InChI is InChI=1S/C61H41N/c1-2-3-31-56-59(44-26-20-25-43(38-44)58-40-45(41-21-6-4-7-22-41)39-57(62-58)42-23-8-5-9-24-42)61(52-34-16-12-29-48(52)49-30-13-17-35-53(49)61)55-37-19-18-36-54(55)60(56)50-32-14-10-27-46(50)47-28-11-15-33-51(47)60/h2-40H,1H2/b31-3-. The molecule has 8 aromatic carbocycles. The zero-order valence-electron chi connectivity index (χ0n) is 34.2. The second-order valence-corrected chi connectivity index (χ2v) is 16.6. The summed E-state index contributed by atoms with van der Waals surface area (Å²) in [4.78, 5) is 5.44. The maximum absolute atomic E-state index is 5.44. The minimum absolute atomic E-state index is 0.627. The molecular formula is C61H41N. The predicted octanol–water partition coefficient (Wildman–Crippen LogP) is 14.9. The quantitative estimate of drug-likeness (QED) is 0.153. The molecule has 3 aliphatic carbocycles. The molecule has 0 fully saturated rings. The number of allylic oxidation sites excluding steroid dienone is 5. The monoisotopic (exact) mass is 787 g/mol. The molecule has 3 aliphatic rings. The van der Waals surface area contributed by atoms with Crippen molar-refractivity contribution in [2.45, 2.75) is 10.8 Å². The van der Waals surface area contributed by atoms with Crippen LogP contribution in [0.15, 0.2) is 249 Å². The maximum Gasteiger partial charge on any atom is 0.0725 e. The molecule has 0 aliphatic heterocycles. The lowest BCUT2D eigenvalue weighted by atomic mass is 9.51. The van der Waals surface area contributed by atoms with Crippen molar-refractivity contribution in [3.8, 4) is 55.9 Å². The number of fused-ring (bicyclic) bond motifs is 13. The summed E-state index contributed by atoms with van der Waals surface area (Å²) < 4.78 is 0. The second-order valence-electron chi connectivity index (χ2n) is 16.6. The van der Waals surface area contributed by atoms with Gasteiger partial charge >= 0.3 is 0 Å². The summed E-state index contributed by atoms with van der Waals surface area (Å²) >= 11 is 0. The molecule has 0 saturated heterocycles. The van der Waals surface area contributed by atoms with E-state index in [2.05, 4.69) is 237 Å². The van der Waals surface area contributed by atoms with Gasteiger partial charge in [0.25, 0.3) is 0 Å². The van der Waals surface area contributed by atoms with E-state index >= 15 is 0 Å². The first-order valence-electron chi connectivity index (χ1n) is 21.5. The van der Waals surface area contributed by atoms with Gasteiger partial charge in [0.15, 0.2) is 0 Å². The van der Waals surface area contributed by atoms with Gasteiger partial charge in [-0.15, -0.1) is 0 Å². The van der Waals surface area contributed by atoms with E-state index in [1.165, 1.54) is 66.8 Å². The zero-order valence-corrected chi connectivity index (χ0v) is 34.2. The summed E-state index contributed by atoms with van der Waals surface area (Å²) in [5.74, 6) is 0. The van der Waals surface area contributed by atoms with Crippen molar-refractivity contribution in [2.75, 3.05) is 0 Å². The molecule has 0 bridgehead atoms. The van der Waals surface area contributed by atoms with Crippen molar-refractivity contribution < 1.29 is 0 Å². The SMILES string of the molecule is C=C/C=C\C1=C(c2cccc(-c3cc(-c4ccccc4)cc(-c4ccccc4)n3)c2)C2(c3ccccc3-c3ccccc32)c2ccccc2C12c1ccccc1-c1ccccc12. The van der Waals surface area contributed by atoms with Crippen molar-refractivity contribution in [1.82, 2.24) is 4.98 Å². The van der Waals surface area contributed by atoms with E-state index in [-0.39, 0.29) is 0 Å². The molecular weight excluding hydrogens is 747 g/mol. The lowest BCUT2D eigenvalue weighted by Crippen LogP contribution is -2.43. The van der Waals surface area contributed by atoms with Crippen LogP contribution in [0.4, 0.5) is 0 Å². The molecule has 0 N–H and O–H groups in total. The van der Waals surface area contributed by atoms with Gasteiger partial charge < -0.3 is 0 Å². The number of benzene rings is 8. The number of hydrogen-bond acceptors (Lipinski definition) is 1. The molecule has 1 aromatic heterocycles. The first kappa shape index (κ1) is 36.0. The van der Waals surface area contributed by atoms with Crippen molar-refractivity contribution >= 4 is 5.57 Å². The lowest BCUT2D eigenvalue weighted by molar-refractivity contribution is 0.675. The van der Waals surface area contributed by atoms with E-state index in [4.69, 9.17) is 4.98 Å². The smallest absolute Gasteiger partial charge is 0.0725 e. The maximum atomic E-state index is 5.44. The third kappa shape index (κ3) is 5.00. The normalized spacial score (nSPS) is 14.6. The molecule has 9 aromatic rings. The zero-order chi connectivity index (χ0) is 41.3. The summed E-state index contributed by atoms with van der Waals surface area (Å²) in [6.45, 7) is 4.25. The average Bonchev–Trinajstić information content (AvgIpc) is 3.81. The van der Waals surface area contributed by atoms with Crippen LogP contribution in [0.1, 0.15) is 38.9 Å². The molecule has 1 nitrogen and oxygen atoms in total. The highest BCUT2D eigenvalue weighted by molar-refractivity contribution is 6.03. The highest BCUT2D eigenvalue weighted by atomic mass is 14.7. The molecule has 12 rings (SSSR count). The molecule has 0 radical (unpaired) electrons. The van der Waals surface area contributed by atoms with Crippen LogP contribution in [-0.2, 0) is 10.8 Å². The molecule has 0 unspecified atom stereocenters. The lowest BCUT2D eigenvalue weighted by Gasteiger charge is -2.50. The van der Waals surface area contributed by atoms with Crippen LogP contribution in [0.25, 0.3) is 61.5 Å². The Morgan fingerprint density at radius 2 is 0.742 bits per heavy atom. The number of aromatic nitrogens is 1. The highest BCUT2D eigenvalue weighted by Gasteiger charge is 2.59. The number of rotatable bonds is 6. The number of pyridine rings is 1. The Bertz CT molecular complexity index is 3160. The van der Waals surface area contributed by atoms with Gasteiger partial charge in [-0.05, 0) is 102 Å². The number of hydrogen-bond donors (Lipinski definition) is 0. The Morgan fingerprint density at radius 3 is 1.27 bits per heavy atom. The van der Waals surface area contributed by atoms with Crippen molar-refractivity contribution in [1.29, 1.82) is 0 Å². The van der Waals surface area contributed by atoms with Crippen LogP contribution in [0.5, 0.6) is 0 Å². The van der Waals surface area contributed by atoms with Crippen molar-refractivity contribution in [3.05, 3.63) is 288 Å². The molecule has 2 spiro atoms. The Labute approximate surface area is 363 Å². The molecule has 1 heteroatoms. The van der Waals surface area contributed by atoms with E-state index in [1.54, 1.807) is 0 Å². The second kappa shape index (κ2) is 14.1. The van der Waals surface area contributed by atoms with E-state index in [9.17, 15) is 0 Å². The van der Waals surface area contributed by atoms with Crippen LogP contribution in [0.2, 0.25) is 0 Å². The highest BCUT2D eigenvalue weighted by Crippen LogP contribution is 2.69. The molecule has 0 amide bonds. The van der Waals surface area contributed by atoms with Gasteiger partial charge in [0.2, 0.25) is 0 Å². The molecule has 290 valence electrons. The van der Waals surface area contributed by atoms with Gasteiger partial charge in [-0.25, -0.2) is 4.98 Å². The fourth-order valence-electron chi connectivity index (χ4n) is 11.2. The van der Waals surface area contributed by atoms with Gasteiger partial charge in [-0.3, -0.25) is 0 Å². The van der Waals surface area contributed by atoms with E-state index in [0.717, 1.165) is 39.2 Å². The molecule has 62 heavy (non-hydrogen) atoms. The molecule has 0 saturated carbocycles. The average molecular weight is 788 g/mol. The fraction of sp³-hybridized carbons (Fsp3) is 0.0328. The third-order valence-corrected chi connectivity index (χ3v) is 13.5. The first-order chi connectivity index (χ1) is 30.7. The molecule has 1 heterocycles. The fourth-order valence-corrected chi connectivity index (χ4v) is 11.2. The van der Waals surface area contributed by atoms with Crippen LogP contribution in [0.3, 0.4) is 0 Å². The summed E-state index contributed by atoms with van der Waals surface area (Å²) in [6, 6.07) is 80.5. The van der Waals surface area contributed by atoms with E-state index in [1.807, 2.05) is 6.08 Å². The Morgan fingerprint density at radius 1 is 0.339 bits per heavy atom.